The molecule has 4 rings (SSSR count). The van der Waals surface area contributed by atoms with Crippen LogP contribution >= 0.6 is 0 Å². The first-order valence-electron chi connectivity index (χ1n) is 7.90. The van der Waals surface area contributed by atoms with Crippen molar-refractivity contribution in [3.8, 4) is 23.1 Å². The summed E-state index contributed by atoms with van der Waals surface area (Å²) in [4.78, 5) is 16.2. The van der Waals surface area contributed by atoms with Crippen molar-refractivity contribution in [2.75, 3.05) is 13.1 Å². The minimum absolute atomic E-state index is 0.170. The Bertz CT molecular complexity index is 907. The minimum atomic E-state index is 0.170. The molecule has 4 heterocycles. The lowest BCUT2D eigenvalue weighted by Gasteiger charge is -2.22. The van der Waals surface area contributed by atoms with Crippen LogP contribution in [0.4, 0.5) is 0 Å². The molecule has 0 spiro atoms. The van der Waals surface area contributed by atoms with Gasteiger partial charge in [-0.1, -0.05) is 0 Å². The fourth-order valence-corrected chi connectivity index (χ4v) is 2.88. The van der Waals surface area contributed by atoms with E-state index in [0.29, 0.717) is 17.1 Å². The number of hydrogen-bond acceptors (Lipinski definition) is 6. The molecule has 3 aromatic heterocycles. The van der Waals surface area contributed by atoms with E-state index in [1.54, 1.807) is 18.5 Å². The van der Waals surface area contributed by atoms with Gasteiger partial charge in [0, 0.05) is 29.7 Å². The molecule has 0 saturated carbocycles. The number of rotatable bonds is 3. The molecule has 24 heavy (non-hydrogen) atoms. The van der Waals surface area contributed by atoms with Crippen molar-refractivity contribution in [1.29, 1.82) is 5.26 Å². The molecule has 7 nitrogen and oxygen atoms in total. The summed E-state index contributed by atoms with van der Waals surface area (Å²) >= 11 is 0. The van der Waals surface area contributed by atoms with Crippen molar-refractivity contribution in [1.82, 2.24) is 25.3 Å². The van der Waals surface area contributed by atoms with Crippen molar-refractivity contribution in [2.24, 2.45) is 0 Å². The van der Waals surface area contributed by atoms with Crippen LogP contribution < -0.4 is 10.1 Å². The van der Waals surface area contributed by atoms with E-state index in [1.807, 2.05) is 6.20 Å². The molecule has 0 unspecified atom stereocenters. The average Bonchev–Trinajstić information content (AvgIpc) is 3.06. The maximum absolute atomic E-state index is 9.05. The van der Waals surface area contributed by atoms with Gasteiger partial charge in [-0.05, 0) is 32.0 Å². The molecule has 3 aromatic rings. The summed E-state index contributed by atoms with van der Waals surface area (Å²) in [6, 6.07) is 3.89. The monoisotopic (exact) mass is 320 g/mol. The van der Waals surface area contributed by atoms with Crippen LogP contribution in [0.2, 0.25) is 0 Å². The van der Waals surface area contributed by atoms with Crippen LogP contribution in [0, 0.1) is 11.3 Å². The Labute approximate surface area is 138 Å². The van der Waals surface area contributed by atoms with E-state index in [-0.39, 0.29) is 6.10 Å². The van der Waals surface area contributed by atoms with Gasteiger partial charge in [0.15, 0.2) is 5.65 Å². The molecule has 1 fully saturated rings. The van der Waals surface area contributed by atoms with Gasteiger partial charge in [0.2, 0.25) is 5.88 Å². The first-order valence-corrected chi connectivity index (χ1v) is 7.90. The summed E-state index contributed by atoms with van der Waals surface area (Å²) in [5, 5.41) is 12.4. The first kappa shape index (κ1) is 14.6. The van der Waals surface area contributed by atoms with E-state index in [0.717, 1.165) is 42.6 Å². The second-order valence-corrected chi connectivity index (χ2v) is 5.75. The summed E-state index contributed by atoms with van der Waals surface area (Å²) in [5.74, 6) is 0.527. The highest BCUT2D eigenvalue weighted by atomic mass is 16.5. The summed E-state index contributed by atoms with van der Waals surface area (Å²) in [7, 11) is 0. The van der Waals surface area contributed by atoms with Gasteiger partial charge in [0.05, 0.1) is 11.8 Å². The number of nitrogens with one attached hydrogen (secondary N) is 2. The molecule has 0 aliphatic carbocycles. The molecule has 0 atom stereocenters. The number of hydrogen-bond donors (Lipinski definition) is 2. The zero-order valence-electron chi connectivity index (χ0n) is 13.0. The SMILES string of the molecule is N#Cc1cncc(-c2c[nH]c3ncc(OC4CCNCC4)nc23)c1. The third kappa shape index (κ3) is 2.79. The number of H-pyrrole nitrogens is 1. The molecule has 2 N–H and O–H groups in total. The Morgan fingerprint density at radius 1 is 1.21 bits per heavy atom. The molecular formula is C17H16N6O. The van der Waals surface area contributed by atoms with Gasteiger partial charge in [0.1, 0.15) is 17.7 Å². The zero-order chi connectivity index (χ0) is 16.4. The smallest absolute Gasteiger partial charge is 0.233 e. The van der Waals surface area contributed by atoms with Crippen LogP contribution in [0.3, 0.4) is 0 Å². The average molecular weight is 320 g/mol. The first-order chi connectivity index (χ1) is 11.8. The largest absolute Gasteiger partial charge is 0.473 e. The number of fused-ring (bicyclic) bond motifs is 1. The van der Waals surface area contributed by atoms with Crippen LogP contribution in [0.1, 0.15) is 18.4 Å². The predicted molar refractivity (Wildman–Crippen MR) is 88.4 cm³/mol. The van der Waals surface area contributed by atoms with Crippen LogP contribution in [-0.4, -0.2) is 39.1 Å². The molecule has 1 aliphatic heterocycles. The van der Waals surface area contributed by atoms with Gasteiger partial charge in [-0.15, -0.1) is 0 Å². The van der Waals surface area contributed by atoms with Crippen molar-refractivity contribution in [3.05, 3.63) is 36.4 Å². The van der Waals surface area contributed by atoms with E-state index >= 15 is 0 Å². The maximum atomic E-state index is 9.05. The summed E-state index contributed by atoms with van der Waals surface area (Å²) in [6.07, 6.45) is 8.83. The second-order valence-electron chi connectivity index (χ2n) is 5.75. The van der Waals surface area contributed by atoms with Crippen LogP contribution in [-0.2, 0) is 0 Å². The molecule has 7 heteroatoms. The number of aromatic nitrogens is 4. The summed E-state index contributed by atoms with van der Waals surface area (Å²) in [6.45, 7) is 1.92. The van der Waals surface area contributed by atoms with Crippen molar-refractivity contribution < 1.29 is 4.74 Å². The maximum Gasteiger partial charge on any atom is 0.233 e. The Kier molecular flexibility index (Phi) is 3.81. The number of pyridine rings is 1. The van der Waals surface area contributed by atoms with Gasteiger partial charge < -0.3 is 15.0 Å². The van der Waals surface area contributed by atoms with Crippen molar-refractivity contribution >= 4 is 11.2 Å². The van der Waals surface area contributed by atoms with Gasteiger partial charge in [-0.3, -0.25) is 4.98 Å². The summed E-state index contributed by atoms with van der Waals surface area (Å²) in [5.41, 5.74) is 3.60. The third-order valence-corrected chi connectivity index (χ3v) is 4.11. The predicted octanol–water partition coefficient (Wildman–Crippen LogP) is 2.02. The van der Waals surface area contributed by atoms with E-state index in [1.165, 1.54) is 6.20 Å². The van der Waals surface area contributed by atoms with E-state index < -0.39 is 0 Å². The topological polar surface area (TPSA) is 99.5 Å². The molecule has 1 aliphatic rings. The lowest BCUT2D eigenvalue weighted by Crippen LogP contribution is -2.34. The normalized spacial score (nSPS) is 15.3. The number of piperidine rings is 1. The Morgan fingerprint density at radius 2 is 2.08 bits per heavy atom. The van der Waals surface area contributed by atoms with Crippen LogP contribution in [0.25, 0.3) is 22.3 Å². The lowest BCUT2D eigenvalue weighted by molar-refractivity contribution is 0.156. The zero-order valence-corrected chi connectivity index (χ0v) is 13.0. The fourth-order valence-electron chi connectivity index (χ4n) is 2.88. The highest BCUT2D eigenvalue weighted by Gasteiger charge is 2.17. The van der Waals surface area contributed by atoms with Crippen molar-refractivity contribution in [3.63, 3.8) is 0 Å². The van der Waals surface area contributed by atoms with Crippen LogP contribution in [0.15, 0.2) is 30.9 Å². The summed E-state index contributed by atoms with van der Waals surface area (Å²) < 4.78 is 5.97. The standard InChI is InChI=1S/C17H16N6O/c18-6-11-5-12(8-20-7-11)14-9-21-17-16(14)23-15(10-22-17)24-13-1-3-19-4-2-13/h5,7-10,13,19H,1-4H2,(H,21,22). The molecule has 120 valence electrons. The fraction of sp³-hybridized carbons (Fsp3) is 0.294. The Balaban J connectivity index is 1.69. The van der Waals surface area contributed by atoms with Gasteiger partial charge in [0.25, 0.3) is 0 Å². The van der Waals surface area contributed by atoms with Gasteiger partial charge >= 0.3 is 0 Å². The molecule has 1 saturated heterocycles. The minimum Gasteiger partial charge on any atom is -0.473 e. The van der Waals surface area contributed by atoms with Crippen molar-refractivity contribution in [2.45, 2.75) is 18.9 Å². The number of aromatic amines is 1. The third-order valence-electron chi connectivity index (χ3n) is 4.11. The second kappa shape index (κ2) is 6.26. The lowest BCUT2D eigenvalue weighted by atomic mass is 10.1. The van der Waals surface area contributed by atoms with Crippen LogP contribution in [0.5, 0.6) is 5.88 Å². The number of nitrogens with zero attached hydrogens (tertiary/aromatic N) is 4. The molecular weight excluding hydrogens is 304 g/mol. The highest BCUT2D eigenvalue weighted by molar-refractivity contribution is 5.90. The van der Waals surface area contributed by atoms with Gasteiger partial charge in [-0.25, -0.2) is 9.97 Å². The molecule has 0 radical (unpaired) electrons. The van der Waals surface area contributed by atoms with E-state index in [2.05, 4.69) is 31.3 Å². The Hall–Kier alpha value is -2.98. The highest BCUT2D eigenvalue weighted by Crippen LogP contribution is 2.28. The molecule has 0 amide bonds. The van der Waals surface area contributed by atoms with E-state index in [9.17, 15) is 0 Å². The van der Waals surface area contributed by atoms with Gasteiger partial charge in [-0.2, -0.15) is 5.26 Å². The number of ether oxygens (including phenoxy) is 1. The Morgan fingerprint density at radius 3 is 2.92 bits per heavy atom. The quantitative estimate of drug-likeness (QED) is 0.766. The van der Waals surface area contributed by atoms with E-state index in [4.69, 9.17) is 10.00 Å². The molecule has 0 bridgehead atoms. The number of nitriles is 1. The molecule has 0 aromatic carbocycles.